The van der Waals surface area contributed by atoms with E-state index in [1.54, 1.807) is 0 Å². The van der Waals surface area contributed by atoms with Gasteiger partial charge in [-0.2, -0.15) is 0 Å². The van der Waals surface area contributed by atoms with Gasteiger partial charge in [-0.1, -0.05) is 51.9 Å². The highest BCUT2D eigenvalue weighted by Crippen LogP contribution is 2.22. The normalized spacial score (nSPS) is 21.0. The van der Waals surface area contributed by atoms with Gasteiger partial charge in [-0.3, -0.25) is 0 Å². The summed E-state index contributed by atoms with van der Waals surface area (Å²) >= 11 is 0. The fourth-order valence-electron chi connectivity index (χ4n) is 3.50. The van der Waals surface area contributed by atoms with Crippen molar-refractivity contribution in [3.05, 3.63) is 0 Å². The van der Waals surface area contributed by atoms with Gasteiger partial charge in [0.2, 0.25) is 0 Å². The van der Waals surface area contributed by atoms with E-state index in [-0.39, 0.29) is 0 Å². The summed E-state index contributed by atoms with van der Waals surface area (Å²) in [5.74, 6) is 0.959. The first kappa shape index (κ1) is 17.3. The van der Waals surface area contributed by atoms with Crippen molar-refractivity contribution in [2.24, 2.45) is 5.92 Å². The van der Waals surface area contributed by atoms with Gasteiger partial charge in [0.1, 0.15) is 0 Å². The average Bonchev–Trinajstić information content (AvgIpc) is 3.33. The number of rotatable bonds is 12. The molecule has 2 nitrogen and oxygen atoms in total. The van der Waals surface area contributed by atoms with Crippen molar-refractivity contribution in [3.8, 4) is 0 Å². The SMILES string of the molecule is CCCCCCCCCCN1CCC(CNC2CC2)CC1. The Morgan fingerprint density at radius 1 is 0.810 bits per heavy atom. The number of piperidine rings is 1. The molecule has 0 bridgehead atoms. The Morgan fingerprint density at radius 2 is 1.43 bits per heavy atom. The van der Waals surface area contributed by atoms with Crippen molar-refractivity contribution < 1.29 is 0 Å². The van der Waals surface area contributed by atoms with Gasteiger partial charge in [0.25, 0.3) is 0 Å². The third kappa shape index (κ3) is 8.21. The molecule has 2 aliphatic rings. The molecule has 0 radical (unpaired) electrons. The molecule has 0 amide bonds. The van der Waals surface area contributed by atoms with Gasteiger partial charge in [-0.05, 0) is 64.2 Å². The molecule has 2 fully saturated rings. The lowest BCUT2D eigenvalue weighted by Crippen LogP contribution is -2.38. The van der Waals surface area contributed by atoms with Crippen molar-refractivity contribution >= 4 is 0 Å². The van der Waals surface area contributed by atoms with Crippen molar-refractivity contribution in [1.29, 1.82) is 0 Å². The number of hydrogen-bond acceptors (Lipinski definition) is 2. The van der Waals surface area contributed by atoms with Crippen LogP contribution < -0.4 is 5.32 Å². The van der Waals surface area contributed by atoms with Crippen LogP contribution in [0.1, 0.15) is 84.0 Å². The third-order valence-corrected chi connectivity index (χ3v) is 5.31. The maximum atomic E-state index is 3.70. The zero-order valence-electron chi connectivity index (χ0n) is 14.4. The van der Waals surface area contributed by atoms with E-state index >= 15 is 0 Å². The summed E-state index contributed by atoms with van der Waals surface area (Å²) in [5, 5.41) is 3.70. The van der Waals surface area contributed by atoms with Gasteiger partial charge in [-0.15, -0.1) is 0 Å². The van der Waals surface area contributed by atoms with Crippen molar-refractivity contribution in [1.82, 2.24) is 10.2 Å². The van der Waals surface area contributed by atoms with Gasteiger partial charge in [0, 0.05) is 6.04 Å². The summed E-state index contributed by atoms with van der Waals surface area (Å²) in [7, 11) is 0. The predicted octanol–water partition coefficient (Wildman–Crippen LogP) is 4.59. The van der Waals surface area contributed by atoms with Crippen LogP contribution in [0.4, 0.5) is 0 Å². The second-order valence-corrected chi connectivity index (χ2v) is 7.44. The van der Waals surface area contributed by atoms with Gasteiger partial charge >= 0.3 is 0 Å². The van der Waals surface area contributed by atoms with Gasteiger partial charge in [-0.25, -0.2) is 0 Å². The third-order valence-electron chi connectivity index (χ3n) is 5.31. The quantitative estimate of drug-likeness (QED) is 0.530. The summed E-state index contributed by atoms with van der Waals surface area (Å²) in [4.78, 5) is 2.71. The molecular formula is C19H38N2. The molecule has 2 heteroatoms. The van der Waals surface area contributed by atoms with E-state index in [2.05, 4.69) is 17.1 Å². The lowest BCUT2D eigenvalue weighted by molar-refractivity contribution is 0.179. The Balaban J connectivity index is 1.36. The van der Waals surface area contributed by atoms with Crippen LogP contribution in [0.2, 0.25) is 0 Å². The lowest BCUT2D eigenvalue weighted by atomic mass is 9.96. The molecular weight excluding hydrogens is 256 g/mol. The Morgan fingerprint density at radius 3 is 2.05 bits per heavy atom. The zero-order chi connectivity index (χ0) is 14.8. The van der Waals surface area contributed by atoms with E-state index in [0.717, 1.165) is 12.0 Å². The first-order chi connectivity index (χ1) is 10.4. The van der Waals surface area contributed by atoms with E-state index in [9.17, 15) is 0 Å². The largest absolute Gasteiger partial charge is 0.314 e. The predicted molar refractivity (Wildman–Crippen MR) is 92.8 cm³/mol. The van der Waals surface area contributed by atoms with Crippen molar-refractivity contribution in [3.63, 3.8) is 0 Å². The standard InChI is InChI=1S/C19H38N2/c1-2-3-4-5-6-7-8-9-14-21-15-12-18(13-16-21)17-20-19-10-11-19/h18-20H,2-17H2,1H3. The minimum atomic E-state index is 0.889. The van der Waals surface area contributed by atoms with Crippen LogP contribution in [0.25, 0.3) is 0 Å². The summed E-state index contributed by atoms with van der Waals surface area (Å²) in [6, 6.07) is 0.889. The molecule has 124 valence electrons. The Kier molecular flexibility index (Phi) is 8.73. The molecule has 0 aromatic rings. The monoisotopic (exact) mass is 294 g/mol. The molecule has 0 atom stereocenters. The van der Waals surface area contributed by atoms with Crippen LogP contribution in [0.15, 0.2) is 0 Å². The van der Waals surface area contributed by atoms with Crippen LogP contribution in [-0.2, 0) is 0 Å². The highest BCUT2D eigenvalue weighted by molar-refractivity contribution is 4.83. The molecule has 0 unspecified atom stereocenters. The molecule has 0 aromatic heterocycles. The molecule has 2 rings (SSSR count). The second kappa shape index (κ2) is 10.6. The average molecular weight is 295 g/mol. The molecule has 1 saturated carbocycles. The molecule has 0 spiro atoms. The van der Waals surface area contributed by atoms with E-state index in [0.29, 0.717) is 0 Å². The van der Waals surface area contributed by atoms with E-state index in [1.807, 2.05) is 0 Å². The van der Waals surface area contributed by atoms with E-state index < -0.39 is 0 Å². The zero-order valence-corrected chi connectivity index (χ0v) is 14.4. The highest BCUT2D eigenvalue weighted by Gasteiger charge is 2.23. The number of likely N-dealkylation sites (tertiary alicyclic amines) is 1. The molecule has 1 aliphatic heterocycles. The van der Waals surface area contributed by atoms with E-state index in [4.69, 9.17) is 0 Å². The summed E-state index contributed by atoms with van der Waals surface area (Å²) in [6.07, 6.45) is 17.2. The maximum Gasteiger partial charge on any atom is 0.00683 e. The molecule has 1 saturated heterocycles. The van der Waals surface area contributed by atoms with Crippen LogP contribution in [0.3, 0.4) is 0 Å². The molecule has 1 N–H and O–H groups in total. The number of unbranched alkanes of at least 4 members (excludes halogenated alkanes) is 7. The Hall–Kier alpha value is -0.0800. The smallest absolute Gasteiger partial charge is 0.00683 e. The number of hydrogen-bond donors (Lipinski definition) is 1. The van der Waals surface area contributed by atoms with E-state index in [1.165, 1.54) is 103 Å². The first-order valence-corrected chi connectivity index (χ1v) is 9.84. The lowest BCUT2D eigenvalue weighted by Gasteiger charge is -2.32. The minimum Gasteiger partial charge on any atom is -0.314 e. The van der Waals surface area contributed by atoms with Crippen molar-refractivity contribution in [2.45, 2.75) is 90.0 Å². The first-order valence-electron chi connectivity index (χ1n) is 9.84. The molecule has 21 heavy (non-hydrogen) atoms. The molecule has 1 heterocycles. The minimum absolute atomic E-state index is 0.889. The summed E-state index contributed by atoms with van der Waals surface area (Å²) < 4.78 is 0. The summed E-state index contributed by atoms with van der Waals surface area (Å²) in [5.41, 5.74) is 0. The Bertz CT molecular complexity index is 242. The van der Waals surface area contributed by atoms with Gasteiger partial charge < -0.3 is 10.2 Å². The maximum absolute atomic E-state index is 3.70. The van der Waals surface area contributed by atoms with Crippen LogP contribution in [0, 0.1) is 5.92 Å². The molecule has 1 aliphatic carbocycles. The number of nitrogens with one attached hydrogen (secondary N) is 1. The fraction of sp³-hybridized carbons (Fsp3) is 1.00. The Labute approximate surface area is 133 Å². The van der Waals surface area contributed by atoms with Gasteiger partial charge in [0.15, 0.2) is 0 Å². The second-order valence-electron chi connectivity index (χ2n) is 7.44. The fourth-order valence-corrected chi connectivity index (χ4v) is 3.50. The summed E-state index contributed by atoms with van der Waals surface area (Å²) in [6.45, 7) is 7.65. The number of nitrogens with zero attached hydrogens (tertiary/aromatic N) is 1. The van der Waals surface area contributed by atoms with Crippen LogP contribution >= 0.6 is 0 Å². The van der Waals surface area contributed by atoms with Gasteiger partial charge in [0.05, 0.1) is 0 Å². The topological polar surface area (TPSA) is 15.3 Å². The van der Waals surface area contributed by atoms with Crippen LogP contribution in [0.5, 0.6) is 0 Å². The highest BCUT2D eigenvalue weighted by atomic mass is 15.1. The van der Waals surface area contributed by atoms with Crippen molar-refractivity contribution in [2.75, 3.05) is 26.2 Å². The molecule has 0 aromatic carbocycles. The van der Waals surface area contributed by atoms with Crippen LogP contribution in [-0.4, -0.2) is 37.1 Å².